The van der Waals surface area contributed by atoms with Crippen molar-refractivity contribution < 1.29 is 9.26 Å². The maximum atomic E-state index is 5.47. The van der Waals surface area contributed by atoms with Crippen molar-refractivity contribution in [1.29, 1.82) is 0 Å². The largest absolute Gasteiger partial charge is 0.378 e. The molecule has 4 heterocycles. The fourth-order valence-corrected chi connectivity index (χ4v) is 3.73. The van der Waals surface area contributed by atoms with E-state index in [1.165, 1.54) is 0 Å². The molecule has 0 bridgehead atoms. The number of aryl methyl sites for hydroxylation is 1. The van der Waals surface area contributed by atoms with Crippen LogP contribution in [-0.2, 0) is 4.74 Å². The normalized spacial score (nSPS) is 21.1. The Labute approximate surface area is 159 Å². The van der Waals surface area contributed by atoms with Gasteiger partial charge in [0.1, 0.15) is 11.6 Å². The fourth-order valence-electron chi connectivity index (χ4n) is 3.73. The first-order chi connectivity index (χ1) is 13.1. The zero-order chi connectivity index (χ0) is 18.8. The van der Waals surface area contributed by atoms with E-state index in [0.717, 1.165) is 69.6 Å². The number of hydrogen-bond donors (Lipinski definition) is 0. The van der Waals surface area contributed by atoms with E-state index in [0.29, 0.717) is 17.8 Å². The quantitative estimate of drug-likeness (QED) is 0.810. The van der Waals surface area contributed by atoms with Gasteiger partial charge < -0.3 is 19.1 Å². The molecule has 2 aromatic heterocycles. The number of hydrogen-bond acceptors (Lipinski definition) is 8. The number of ether oxygens (including phenoxy) is 1. The van der Waals surface area contributed by atoms with Gasteiger partial charge in [-0.05, 0) is 24.9 Å². The van der Waals surface area contributed by atoms with Crippen LogP contribution >= 0.6 is 0 Å². The standard InChI is InChI=1S/C19H28N6O2/c1-13(2)18-22-19(23-27-18)25-6-4-5-15(12-25)16-11-17(21-14(3)20-16)24-7-9-26-10-8-24/h11,13,15H,4-10,12H2,1-3H3/t15-/m0/s1. The molecule has 2 aliphatic rings. The van der Waals surface area contributed by atoms with Crippen LogP contribution in [0.2, 0.25) is 0 Å². The summed E-state index contributed by atoms with van der Waals surface area (Å²) in [6.07, 6.45) is 2.20. The summed E-state index contributed by atoms with van der Waals surface area (Å²) in [5.74, 6) is 3.82. The van der Waals surface area contributed by atoms with Gasteiger partial charge in [-0.15, -0.1) is 0 Å². The highest BCUT2D eigenvalue weighted by Crippen LogP contribution is 2.30. The molecule has 0 aliphatic carbocycles. The van der Waals surface area contributed by atoms with E-state index < -0.39 is 0 Å². The third-order valence-corrected chi connectivity index (χ3v) is 5.23. The van der Waals surface area contributed by atoms with Crippen LogP contribution in [-0.4, -0.2) is 59.5 Å². The molecule has 0 aromatic carbocycles. The second-order valence-corrected chi connectivity index (χ2v) is 7.67. The average molecular weight is 372 g/mol. The van der Waals surface area contributed by atoms with Gasteiger partial charge in [-0.1, -0.05) is 13.8 Å². The zero-order valence-electron chi connectivity index (χ0n) is 16.4. The molecular weight excluding hydrogens is 344 g/mol. The molecule has 146 valence electrons. The topological polar surface area (TPSA) is 80.4 Å². The fraction of sp³-hybridized carbons (Fsp3) is 0.684. The SMILES string of the molecule is Cc1nc([C@H]2CCCN(c3noc(C(C)C)n3)C2)cc(N2CCOCC2)n1. The monoisotopic (exact) mass is 372 g/mol. The van der Waals surface area contributed by atoms with Crippen molar-refractivity contribution in [1.82, 2.24) is 20.1 Å². The molecular formula is C19H28N6O2. The van der Waals surface area contributed by atoms with Crippen LogP contribution in [0, 0.1) is 6.92 Å². The third kappa shape index (κ3) is 4.05. The summed E-state index contributed by atoms with van der Waals surface area (Å²) in [7, 11) is 0. The first-order valence-electron chi connectivity index (χ1n) is 9.87. The second-order valence-electron chi connectivity index (χ2n) is 7.67. The van der Waals surface area contributed by atoms with Crippen LogP contribution in [0.4, 0.5) is 11.8 Å². The van der Waals surface area contributed by atoms with Gasteiger partial charge in [0.15, 0.2) is 0 Å². The number of nitrogens with zero attached hydrogens (tertiary/aromatic N) is 6. The molecule has 0 spiro atoms. The van der Waals surface area contributed by atoms with Gasteiger partial charge in [0.05, 0.1) is 18.9 Å². The Balaban J connectivity index is 1.52. The van der Waals surface area contributed by atoms with Gasteiger partial charge in [-0.2, -0.15) is 4.98 Å². The summed E-state index contributed by atoms with van der Waals surface area (Å²) in [4.78, 5) is 18.5. The van der Waals surface area contributed by atoms with Crippen molar-refractivity contribution in [2.45, 2.75) is 45.4 Å². The summed E-state index contributed by atoms with van der Waals surface area (Å²) in [6.45, 7) is 11.2. The summed E-state index contributed by atoms with van der Waals surface area (Å²) in [5.41, 5.74) is 1.11. The van der Waals surface area contributed by atoms with Crippen LogP contribution in [0.25, 0.3) is 0 Å². The highest BCUT2D eigenvalue weighted by molar-refractivity contribution is 5.42. The van der Waals surface area contributed by atoms with Gasteiger partial charge in [0.25, 0.3) is 5.95 Å². The summed E-state index contributed by atoms with van der Waals surface area (Å²) in [6, 6.07) is 2.16. The van der Waals surface area contributed by atoms with Crippen molar-refractivity contribution in [3.8, 4) is 0 Å². The maximum absolute atomic E-state index is 5.47. The molecule has 4 rings (SSSR count). The van der Waals surface area contributed by atoms with E-state index >= 15 is 0 Å². The molecule has 0 radical (unpaired) electrons. The molecule has 2 aromatic rings. The smallest absolute Gasteiger partial charge is 0.266 e. The Bertz CT molecular complexity index is 771. The lowest BCUT2D eigenvalue weighted by Crippen LogP contribution is -2.38. The summed E-state index contributed by atoms with van der Waals surface area (Å²) < 4.78 is 10.9. The van der Waals surface area contributed by atoms with Gasteiger partial charge in [0, 0.05) is 44.1 Å². The third-order valence-electron chi connectivity index (χ3n) is 5.23. The number of anilines is 2. The van der Waals surface area contributed by atoms with E-state index in [9.17, 15) is 0 Å². The average Bonchev–Trinajstić information content (AvgIpc) is 3.19. The molecule has 0 saturated carbocycles. The summed E-state index contributed by atoms with van der Waals surface area (Å²) in [5, 5.41) is 4.18. The minimum atomic E-state index is 0.243. The van der Waals surface area contributed by atoms with E-state index in [4.69, 9.17) is 14.2 Å². The van der Waals surface area contributed by atoms with Crippen molar-refractivity contribution in [2.24, 2.45) is 0 Å². The molecule has 8 heteroatoms. The molecule has 1 atom stereocenters. The minimum Gasteiger partial charge on any atom is -0.378 e. The number of morpholine rings is 1. The Kier molecular flexibility index (Phi) is 5.24. The first-order valence-corrected chi connectivity index (χ1v) is 9.87. The minimum absolute atomic E-state index is 0.243. The molecule has 0 unspecified atom stereocenters. The van der Waals surface area contributed by atoms with Crippen molar-refractivity contribution in [3.63, 3.8) is 0 Å². The van der Waals surface area contributed by atoms with Crippen LogP contribution in [0.15, 0.2) is 10.6 Å². The maximum Gasteiger partial charge on any atom is 0.266 e. The number of rotatable bonds is 4. The van der Waals surface area contributed by atoms with Gasteiger partial charge >= 0.3 is 0 Å². The van der Waals surface area contributed by atoms with E-state index in [-0.39, 0.29) is 5.92 Å². The van der Waals surface area contributed by atoms with E-state index in [1.54, 1.807) is 0 Å². The molecule has 0 amide bonds. The lowest BCUT2D eigenvalue weighted by molar-refractivity contribution is 0.122. The molecule has 8 nitrogen and oxygen atoms in total. The van der Waals surface area contributed by atoms with Crippen LogP contribution in [0.3, 0.4) is 0 Å². The van der Waals surface area contributed by atoms with E-state index in [1.807, 2.05) is 6.92 Å². The van der Waals surface area contributed by atoms with E-state index in [2.05, 4.69) is 44.8 Å². The van der Waals surface area contributed by atoms with Crippen molar-refractivity contribution in [3.05, 3.63) is 23.5 Å². The number of piperidine rings is 1. The second kappa shape index (κ2) is 7.80. The molecule has 2 fully saturated rings. The van der Waals surface area contributed by atoms with Crippen molar-refractivity contribution in [2.75, 3.05) is 49.2 Å². The van der Waals surface area contributed by atoms with Crippen molar-refractivity contribution >= 4 is 11.8 Å². The lowest BCUT2D eigenvalue weighted by Gasteiger charge is -2.32. The molecule has 0 N–H and O–H groups in total. The van der Waals surface area contributed by atoms with Gasteiger partial charge in [-0.25, -0.2) is 9.97 Å². The highest BCUT2D eigenvalue weighted by Gasteiger charge is 2.27. The predicted molar refractivity (Wildman–Crippen MR) is 102 cm³/mol. The Morgan fingerprint density at radius 1 is 1.07 bits per heavy atom. The van der Waals surface area contributed by atoms with Gasteiger partial charge in [0.2, 0.25) is 5.89 Å². The lowest BCUT2D eigenvalue weighted by atomic mass is 9.94. The van der Waals surface area contributed by atoms with Crippen LogP contribution < -0.4 is 9.80 Å². The predicted octanol–water partition coefficient (Wildman–Crippen LogP) is 2.51. The Morgan fingerprint density at radius 3 is 2.63 bits per heavy atom. The zero-order valence-corrected chi connectivity index (χ0v) is 16.4. The highest BCUT2D eigenvalue weighted by atomic mass is 16.5. The Hall–Kier alpha value is -2.22. The molecule has 2 aliphatic heterocycles. The summed E-state index contributed by atoms with van der Waals surface area (Å²) >= 11 is 0. The first kappa shape index (κ1) is 18.2. The van der Waals surface area contributed by atoms with Gasteiger partial charge in [-0.3, -0.25) is 0 Å². The van der Waals surface area contributed by atoms with Crippen LogP contribution in [0.5, 0.6) is 0 Å². The van der Waals surface area contributed by atoms with Crippen LogP contribution in [0.1, 0.15) is 55.9 Å². The number of aromatic nitrogens is 4. The Morgan fingerprint density at radius 2 is 1.89 bits per heavy atom. The molecule has 2 saturated heterocycles. The molecule has 27 heavy (non-hydrogen) atoms.